The minimum Gasteiger partial charge on any atom is -0.250 e. The number of hydrogen-bond acceptors (Lipinski definition) is 2. The van der Waals surface area contributed by atoms with Gasteiger partial charge in [0.2, 0.25) is 0 Å². The van der Waals surface area contributed by atoms with E-state index in [-0.39, 0.29) is 0 Å². The van der Waals surface area contributed by atoms with Crippen LogP contribution in [0, 0.1) is 13.8 Å². The molecular weight excluding hydrogens is 288 g/mol. The molecule has 0 bridgehead atoms. The molecule has 104 valence electrons. The summed E-state index contributed by atoms with van der Waals surface area (Å²) in [7, 11) is -2.53. The quantitative estimate of drug-likeness (QED) is 0.863. The summed E-state index contributed by atoms with van der Waals surface area (Å²) in [6.45, 7) is 3.96. The second-order valence-corrected chi connectivity index (χ2v) is 7.17. The summed E-state index contributed by atoms with van der Waals surface area (Å²) in [5.74, 6) is 0. The fourth-order valence-electron chi connectivity index (χ4n) is 1.60. The van der Waals surface area contributed by atoms with Crippen LogP contribution in [-0.4, -0.2) is 8.42 Å². The van der Waals surface area contributed by atoms with Crippen LogP contribution in [0.2, 0.25) is 0 Å². The number of rotatable bonds is 4. The van der Waals surface area contributed by atoms with Gasteiger partial charge in [-0.2, -0.15) is 0 Å². The normalized spacial score (nSPS) is 14.3. The Balaban J connectivity index is 2.09. The number of hydrogen-bond donors (Lipinski definition) is 0. The lowest BCUT2D eigenvalue weighted by Crippen LogP contribution is -1.90. The zero-order valence-corrected chi connectivity index (χ0v) is 13.0. The van der Waals surface area contributed by atoms with Gasteiger partial charge in [0.1, 0.15) is 0 Å². The molecule has 2 aromatic rings. The van der Waals surface area contributed by atoms with Crippen LogP contribution in [0.1, 0.15) is 11.1 Å². The summed E-state index contributed by atoms with van der Waals surface area (Å²) >= 11 is 0. The smallest absolute Gasteiger partial charge is 0.0782 e. The summed E-state index contributed by atoms with van der Waals surface area (Å²) in [4.78, 5) is 1.43. The highest BCUT2D eigenvalue weighted by Gasteiger charge is 2.02. The van der Waals surface area contributed by atoms with E-state index in [2.05, 4.69) is 0 Å². The third-order valence-corrected chi connectivity index (χ3v) is 5.22. The van der Waals surface area contributed by atoms with E-state index in [1.54, 1.807) is 0 Å². The van der Waals surface area contributed by atoms with E-state index in [4.69, 9.17) is 0 Å². The minimum absolute atomic E-state index is 0.716. The molecule has 0 saturated heterocycles. The monoisotopic (exact) mass is 304 g/mol. The van der Waals surface area contributed by atoms with Gasteiger partial charge in [0.25, 0.3) is 0 Å². The van der Waals surface area contributed by atoms with Gasteiger partial charge in [0.05, 0.1) is 21.6 Å². The first-order valence-corrected chi connectivity index (χ1v) is 8.62. The van der Waals surface area contributed by atoms with E-state index in [9.17, 15) is 8.42 Å². The van der Waals surface area contributed by atoms with Crippen molar-refractivity contribution in [3.8, 4) is 0 Å². The number of benzene rings is 2. The predicted octanol–water partition coefficient (Wildman–Crippen LogP) is 3.69. The third-order valence-electron chi connectivity index (χ3n) is 2.81. The van der Waals surface area contributed by atoms with Crippen LogP contribution in [0.4, 0.5) is 0 Å². The molecule has 2 unspecified atom stereocenters. The Kier molecular flexibility index (Phi) is 5.04. The van der Waals surface area contributed by atoms with Crippen LogP contribution >= 0.6 is 0 Å². The molecule has 0 radical (unpaired) electrons. The molecule has 2 atom stereocenters. The zero-order chi connectivity index (χ0) is 14.5. The van der Waals surface area contributed by atoms with E-state index in [1.807, 2.05) is 62.4 Å². The van der Waals surface area contributed by atoms with Crippen LogP contribution in [-0.2, 0) is 21.6 Å². The first-order chi connectivity index (χ1) is 9.56. The summed E-state index contributed by atoms with van der Waals surface area (Å²) in [6.07, 6.45) is 0. The molecule has 0 aromatic heterocycles. The summed E-state index contributed by atoms with van der Waals surface area (Å²) < 4.78 is 24.1. The summed E-state index contributed by atoms with van der Waals surface area (Å²) in [5, 5.41) is 2.97. The molecule has 0 fully saturated rings. The van der Waals surface area contributed by atoms with Gasteiger partial charge >= 0.3 is 0 Å². The Morgan fingerprint density at radius 2 is 0.950 bits per heavy atom. The van der Waals surface area contributed by atoms with Crippen LogP contribution in [0.25, 0.3) is 0 Å². The lowest BCUT2D eigenvalue weighted by Gasteiger charge is -1.99. The average Bonchev–Trinajstić information content (AvgIpc) is 2.46. The first-order valence-electron chi connectivity index (χ1n) is 6.19. The molecule has 0 aliphatic heterocycles. The fraction of sp³-hybridized carbons (Fsp3) is 0.125. The van der Waals surface area contributed by atoms with E-state index >= 15 is 0 Å². The van der Waals surface area contributed by atoms with Crippen LogP contribution < -0.4 is 0 Å². The van der Waals surface area contributed by atoms with Gasteiger partial charge in [-0.1, -0.05) is 35.4 Å². The molecule has 2 aromatic carbocycles. The van der Waals surface area contributed by atoms with Crippen molar-refractivity contribution in [2.75, 3.05) is 0 Å². The Morgan fingerprint density at radius 3 is 1.25 bits per heavy atom. The minimum atomic E-state index is -1.26. The fourth-order valence-corrected chi connectivity index (χ4v) is 3.53. The predicted molar refractivity (Wildman–Crippen MR) is 84.3 cm³/mol. The van der Waals surface area contributed by atoms with Crippen molar-refractivity contribution >= 4 is 21.6 Å². The van der Waals surface area contributed by atoms with Crippen molar-refractivity contribution in [1.29, 1.82) is 0 Å². The second-order valence-electron chi connectivity index (χ2n) is 4.49. The van der Waals surface area contributed by atoms with Crippen molar-refractivity contribution in [2.24, 2.45) is 0 Å². The SMILES string of the molecule is Cc1ccc(S(=O)/C=C/S(=O)c2ccc(C)cc2)cc1. The van der Waals surface area contributed by atoms with Gasteiger partial charge in [-0.25, -0.2) is 8.42 Å². The molecule has 0 aliphatic rings. The Morgan fingerprint density at radius 1 is 0.650 bits per heavy atom. The lowest BCUT2D eigenvalue weighted by atomic mass is 10.2. The molecule has 0 heterocycles. The van der Waals surface area contributed by atoms with Crippen molar-refractivity contribution in [2.45, 2.75) is 23.6 Å². The first kappa shape index (κ1) is 14.9. The highest BCUT2D eigenvalue weighted by atomic mass is 32.2. The standard InChI is InChI=1S/C16H16O2S2/c1-13-3-7-15(8-4-13)19(17)11-12-20(18)16-9-5-14(2)6-10-16/h3-12H,1-2H3/b12-11+. The highest BCUT2D eigenvalue weighted by Crippen LogP contribution is 2.12. The maximum absolute atomic E-state index is 12.0. The average molecular weight is 304 g/mol. The lowest BCUT2D eigenvalue weighted by molar-refractivity contribution is 0.686. The van der Waals surface area contributed by atoms with E-state index in [1.165, 1.54) is 10.8 Å². The molecule has 20 heavy (non-hydrogen) atoms. The largest absolute Gasteiger partial charge is 0.250 e. The van der Waals surface area contributed by atoms with Gasteiger partial charge in [-0.3, -0.25) is 0 Å². The Hall–Kier alpha value is -1.52. The van der Waals surface area contributed by atoms with Gasteiger partial charge < -0.3 is 0 Å². The van der Waals surface area contributed by atoms with E-state index in [0.29, 0.717) is 9.79 Å². The Bertz CT molecular complexity index is 596. The second kappa shape index (κ2) is 6.77. The van der Waals surface area contributed by atoms with Gasteiger partial charge in [0.15, 0.2) is 0 Å². The van der Waals surface area contributed by atoms with Crippen molar-refractivity contribution in [1.82, 2.24) is 0 Å². The zero-order valence-electron chi connectivity index (χ0n) is 11.4. The molecule has 0 spiro atoms. The van der Waals surface area contributed by atoms with E-state index < -0.39 is 21.6 Å². The maximum Gasteiger partial charge on any atom is 0.0782 e. The molecule has 4 heteroatoms. The Labute approximate surface area is 124 Å². The van der Waals surface area contributed by atoms with Crippen molar-refractivity contribution in [3.05, 3.63) is 70.5 Å². The van der Waals surface area contributed by atoms with Crippen molar-refractivity contribution in [3.63, 3.8) is 0 Å². The molecule has 2 nitrogen and oxygen atoms in total. The third kappa shape index (κ3) is 3.99. The van der Waals surface area contributed by atoms with Crippen LogP contribution in [0.3, 0.4) is 0 Å². The van der Waals surface area contributed by atoms with Gasteiger partial charge in [0, 0.05) is 20.6 Å². The molecule has 0 N–H and O–H groups in total. The van der Waals surface area contributed by atoms with Crippen molar-refractivity contribution < 1.29 is 8.42 Å². The molecule has 0 aliphatic carbocycles. The molecule has 2 rings (SSSR count). The molecule has 0 saturated carbocycles. The van der Waals surface area contributed by atoms with Gasteiger partial charge in [-0.05, 0) is 38.1 Å². The molecular formula is C16H16O2S2. The summed E-state index contributed by atoms with van der Waals surface area (Å²) in [6, 6.07) is 15.0. The van der Waals surface area contributed by atoms with Crippen LogP contribution in [0.5, 0.6) is 0 Å². The van der Waals surface area contributed by atoms with Gasteiger partial charge in [-0.15, -0.1) is 0 Å². The highest BCUT2D eigenvalue weighted by molar-refractivity contribution is 7.91. The summed E-state index contributed by atoms with van der Waals surface area (Å²) in [5.41, 5.74) is 2.25. The van der Waals surface area contributed by atoms with Crippen LogP contribution in [0.15, 0.2) is 69.1 Å². The maximum atomic E-state index is 12.0. The molecule has 0 amide bonds. The van der Waals surface area contributed by atoms with E-state index in [0.717, 1.165) is 11.1 Å². The topological polar surface area (TPSA) is 34.1 Å². The number of aryl methyl sites for hydroxylation is 2.